The molecule has 5 heterocycles. The normalized spacial score (nSPS) is 20.1. The van der Waals surface area contributed by atoms with Crippen LogP contribution >= 0.6 is 0 Å². The summed E-state index contributed by atoms with van der Waals surface area (Å²) in [5, 5.41) is 7.98. The summed E-state index contributed by atoms with van der Waals surface area (Å²) in [7, 11) is 1.86. The molecule has 4 aromatic rings. The molecule has 0 spiro atoms. The standard InChI is InChI=1S/C26H30N8O2/c1-16-14-28-22-10-11-23(30-33(16)22)32-15-18(13-21(32)20-9-4-5-12-27-20)29-25(35)24-17(2)31(3)34(26(24)36)19-7-6-8-19/h4-5,9-12,14,18-19,21H,6-8,13,15H2,1-3H3,(H,29,35)/t18-,21+/m0/s1. The van der Waals surface area contributed by atoms with Gasteiger partial charge in [0, 0.05) is 31.5 Å². The number of nitrogens with one attached hydrogen (secondary N) is 1. The van der Waals surface area contributed by atoms with E-state index in [4.69, 9.17) is 5.10 Å². The molecule has 2 aliphatic rings. The Morgan fingerprint density at radius 1 is 1.11 bits per heavy atom. The molecule has 1 amide bonds. The van der Waals surface area contributed by atoms with Crippen molar-refractivity contribution in [2.24, 2.45) is 7.05 Å². The number of carbonyl (C=O) groups excluding carboxylic acids is 1. The number of aryl methyl sites for hydroxylation is 1. The monoisotopic (exact) mass is 486 g/mol. The molecule has 1 aliphatic carbocycles. The summed E-state index contributed by atoms with van der Waals surface area (Å²) >= 11 is 0. The largest absolute Gasteiger partial charge is 0.347 e. The highest BCUT2D eigenvalue weighted by Gasteiger charge is 2.37. The lowest BCUT2D eigenvalue weighted by Gasteiger charge is -2.27. The van der Waals surface area contributed by atoms with Crippen molar-refractivity contribution in [2.45, 2.75) is 57.7 Å². The van der Waals surface area contributed by atoms with Crippen molar-refractivity contribution >= 4 is 17.4 Å². The number of carbonyl (C=O) groups is 1. The van der Waals surface area contributed by atoms with Gasteiger partial charge in [-0.15, -0.1) is 5.10 Å². The number of nitrogens with zero attached hydrogens (tertiary/aromatic N) is 7. The minimum absolute atomic E-state index is 0.0613. The lowest BCUT2D eigenvalue weighted by molar-refractivity contribution is 0.0937. The number of anilines is 1. The Morgan fingerprint density at radius 2 is 1.94 bits per heavy atom. The molecule has 0 bridgehead atoms. The Morgan fingerprint density at radius 3 is 2.67 bits per heavy atom. The third-order valence-electron chi connectivity index (χ3n) is 7.72. The molecule has 1 saturated carbocycles. The number of imidazole rings is 1. The quantitative estimate of drug-likeness (QED) is 0.465. The zero-order valence-corrected chi connectivity index (χ0v) is 20.8. The second-order valence-electron chi connectivity index (χ2n) is 9.91. The summed E-state index contributed by atoms with van der Waals surface area (Å²) < 4.78 is 5.41. The number of hydrogen-bond donors (Lipinski definition) is 1. The van der Waals surface area contributed by atoms with Crippen molar-refractivity contribution in [2.75, 3.05) is 11.4 Å². The van der Waals surface area contributed by atoms with Gasteiger partial charge in [0.1, 0.15) is 11.4 Å². The van der Waals surface area contributed by atoms with Gasteiger partial charge in [-0.25, -0.2) is 14.2 Å². The van der Waals surface area contributed by atoms with Gasteiger partial charge in [0.05, 0.1) is 29.7 Å². The molecule has 0 unspecified atom stereocenters. The van der Waals surface area contributed by atoms with Gasteiger partial charge in [-0.1, -0.05) is 6.07 Å². The first-order valence-corrected chi connectivity index (χ1v) is 12.5. The van der Waals surface area contributed by atoms with E-state index in [9.17, 15) is 9.59 Å². The highest BCUT2D eigenvalue weighted by atomic mass is 16.2. The summed E-state index contributed by atoms with van der Waals surface area (Å²) in [5.41, 5.74) is 3.40. The predicted molar refractivity (Wildman–Crippen MR) is 135 cm³/mol. The number of rotatable bonds is 5. The molecule has 4 aromatic heterocycles. The summed E-state index contributed by atoms with van der Waals surface area (Å²) in [4.78, 5) is 37.8. The van der Waals surface area contributed by atoms with Crippen molar-refractivity contribution in [3.8, 4) is 0 Å². The van der Waals surface area contributed by atoms with Crippen molar-refractivity contribution < 1.29 is 4.79 Å². The van der Waals surface area contributed by atoms with Crippen LogP contribution in [0.2, 0.25) is 0 Å². The molecule has 10 nitrogen and oxygen atoms in total. The van der Waals surface area contributed by atoms with Gasteiger partial charge in [-0.2, -0.15) is 0 Å². The number of amides is 1. The summed E-state index contributed by atoms with van der Waals surface area (Å²) in [6, 6.07) is 9.74. The molecule has 1 saturated heterocycles. The fourth-order valence-corrected chi connectivity index (χ4v) is 5.47. The number of hydrogen-bond acceptors (Lipinski definition) is 6. The first kappa shape index (κ1) is 22.5. The van der Waals surface area contributed by atoms with E-state index in [1.807, 2.05) is 60.4 Å². The molecule has 0 aromatic carbocycles. The topological polar surface area (TPSA) is 102 Å². The van der Waals surface area contributed by atoms with E-state index in [1.165, 1.54) is 0 Å². The number of aromatic nitrogens is 6. The molecule has 2 fully saturated rings. The Labute approximate surface area is 208 Å². The maximum Gasteiger partial charge on any atom is 0.280 e. The Hall–Kier alpha value is -3.95. The summed E-state index contributed by atoms with van der Waals surface area (Å²) in [6.07, 6.45) is 7.33. The van der Waals surface area contributed by atoms with Gasteiger partial charge < -0.3 is 10.2 Å². The van der Waals surface area contributed by atoms with Crippen LogP contribution < -0.4 is 15.8 Å². The maximum absolute atomic E-state index is 13.4. The summed E-state index contributed by atoms with van der Waals surface area (Å²) in [5.74, 6) is 0.478. The molecular formula is C26H30N8O2. The molecule has 1 N–H and O–H groups in total. The lowest BCUT2D eigenvalue weighted by Crippen LogP contribution is -2.40. The van der Waals surface area contributed by atoms with Crippen LogP contribution in [0.4, 0.5) is 5.82 Å². The van der Waals surface area contributed by atoms with Crippen LogP contribution in [0.1, 0.15) is 65.2 Å². The molecule has 6 rings (SSSR count). The third-order valence-corrected chi connectivity index (χ3v) is 7.72. The van der Waals surface area contributed by atoms with Crippen molar-refractivity contribution in [3.63, 3.8) is 0 Å². The highest BCUT2D eigenvalue weighted by molar-refractivity contribution is 5.95. The highest BCUT2D eigenvalue weighted by Crippen LogP contribution is 2.35. The van der Waals surface area contributed by atoms with Crippen LogP contribution in [0.15, 0.2) is 47.5 Å². The molecule has 36 heavy (non-hydrogen) atoms. The first-order chi connectivity index (χ1) is 17.4. The van der Waals surface area contributed by atoms with Gasteiger partial charge in [0.25, 0.3) is 11.5 Å². The zero-order chi connectivity index (χ0) is 25.0. The van der Waals surface area contributed by atoms with Crippen LogP contribution in [0.5, 0.6) is 0 Å². The average molecular weight is 487 g/mol. The molecule has 0 radical (unpaired) electrons. The van der Waals surface area contributed by atoms with E-state index in [0.717, 1.165) is 42.1 Å². The van der Waals surface area contributed by atoms with Gasteiger partial charge in [0.2, 0.25) is 0 Å². The smallest absolute Gasteiger partial charge is 0.280 e. The van der Waals surface area contributed by atoms with Gasteiger partial charge in [-0.05, 0) is 63.8 Å². The number of fused-ring (bicyclic) bond motifs is 1. The fourth-order valence-electron chi connectivity index (χ4n) is 5.47. The molecule has 10 heteroatoms. The van der Waals surface area contributed by atoms with E-state index < -0.39 is 0 Å². The second-order valence-corrected chi connectivity index (χ2v) is 9.91. The fraction of sp³-hybridized carbons (Fsp3) is 0.423. The lowest BCUT2D eigenvalue weighted by atomic mass is 9.93. The molecular weight excluding hydrogens is 456 g/mol. The maximum atomic E-state index is 13.4. The third kappa shape index (κ3) is 3.59. The molecule has 1 aliphatic heterocycles. The van der Waals surface area contributed by atoms with Gasteiger partial charge in [0.15, 0.2) is 5.65 Å². The minimum atomic E-state index is -0.313. The SMILES string of the molecule is Cc1c(C(=O)N[C@H]2C[C@H](c3ccccn3)N(c3ccc4ncc(C)n4n3)C2)c(=O)n(C2CCC2)n1C. The van der Waals surface area contributed by atoms with E-state index in [2.05, 4.69) is 20.2 Å². The van der Waals surface area contributed by atoms with E-state index in [-0.39, 0.29) is 35.2 Å². The van der Waals surface area contributed by atoms with Crippen molar-refractivity contribution in [1.82, 2.24) is 34.3 Å². The van der Waals surface area contributed by atoms with E-state index >= 15 is 0 Å². The van der Waals surface area contributed by atoms with Crippen LogP contribution in [-0.2, 0) is 7.05 Å². The predicted octanol–water partition coefficient (Wildman–Crippen LogP) is 2.72. The van der Waals surface area contributed by atoms with Gasteiger partial charge in [-0.3, -0.25) is 19.3 Å². The van der Waals surface area contributed by atoms with Crippen molar-refractivity contribution in [1.29, 1.82) is 0 Å². The van der Waals surface area contributed by atoms with Crippen LogP contribution in [0.25, 0.3) is 5.65 Å². The summed E-state index contributed by atoms with van der Waals surface area (Å²) in [6.45, 7) is 4.37. The van der Waals surface area contributed by atoms with E-state index in [1.54, 1.807) is 17.1 Å². The minimum Gasteiger partial charge on any atom is -0.347 e. The van der Waals surface area contributed by atoms with Gasteiger partial charge >= 0.3 is 0 Å². The Kier molecular flexibility index (Phi) is 5.39. The second kappa shape index (κ2) is 8.61. The average Bonchev–Trinajstić information content (AvgIpc) is 3.50. The van der Waals surface area contributed by atoms with Crippen LogP contribution in [0, 0.1) is 13.8 Å². The molecule has 186 valence electrons. The van der Waals surface area contributed by atoms with Crippen molar-refractivity contribution in [3.05, 3.63) is 75.7 Å². The van der Waals surface area contributed by atoms with E-state index in [0.29, 0.717) is 18.7 Å². The first-order valence-electron chi connectivity index (χ1n) is 12.5. The number of pyridine rings is 1. The Balaban J connectivity index is 1.30. The van der Waals surface area contributed by atoms with Crippen LogP contribution in [0.3, 0.4) is 0 Å². The van der Waals surface area contributed by atoms with Crippen LogP contribution in [-0.4, -0.2) is 47.4 Å². The molecule has 2 atom stereocenters. The Bertz CT molecular complexity index is 1500. The zero-order valence-electron chi connectivity index (χ0n) is 20.8.